The van der Waals surface area contributed by atoms with Crippen molar-refractivity contribution in [2.24, 2.45) is 0 Å². The predicted molar refractivity (Wildman–Crippen MR) is 105 cm³/mol. The second kappa shape index (κ2) is 7.35. The second-order valence-corrected chi connectivity index (χ2v) is 6.70. The minimum absolute atomic E-state index is 0.0493. The molecule has 7 heteroatoms. The summed E-state index contributed by atoms with van der Waals surface area (Å²) in [7, 11) is 1.40. The van der Waals surface area contributed by atoms with E-state index in [1.165, 1.54) is 19.2 Å². The largest absolute Gasteiger partial charge is 0.493 e. The van der Waals surface area contributed by atoms with Gasteiger partial charge in [0.2, 0.25) is 0 Å². The third-order valence-corrected chi connectivity index (χ3v) is 4.83. The van der Waals surface area contributed by atoms with E-state index in [9.17, 15) is 14.7 Å². The van der Waals surface area contributed by atoms with Gasteiger partial charge in [-0.15, -0.1) is 0 Å². The lowest BCUT2D eigenvalue weighted by atomic mass is 10.0. The second-order valence-electron chi connectivity index (χ2n) is 5.44. The van der Waals surface area contributed by atoms with Gasteiger partial charge in [0.25, 0.3) is 5.91 Å². The average Bonchev–Trinajstić information content (AvgIpc) is 2.61. The van der Waals surface area contributed by atoms with Crippen molar-refractivity contribution in [3.63, 3.8) is 0 Å². The van der Waals surface area contributed by atoms with Gasteiger partial charge in [-0.1, -0.05) is 51.8 Å². The van der Waals surface area contributed by atoms with Crippen LogP contribution < -0.4 is 10.1 Å². The summed E-state index contributed by atoms with van der Waals surface area (Å²) >= 11 is 9.55. The van der Waals surface area contributed by atoms with Crippen LogP contribution in [0.4, 0.5) is 5.69 Å². The summed E-state index contributed by atoms with van der Waals surface area (Å²) in [6.45, 7) is 0. The number of rotatable bonds is 4. The van der Waals surface area contributed by atoms with E-state index in [2.05, 4.69) is 21.2 Å². The van der Waals surface area contributed by atoms with E-state index in [0.29, 0.717) is 5.56 Å². The molecule has 3 aromatic carbocycles. The first-order valence-electron chi connectivity index (χ1n) is 7.51. The van der Waals surface area contributed by atoms with Gasteiger partial charge in [-0.05, 0) is 35.0 Å². The van der Waals surface area contributed by atoms with E-state index in [-0.39, 0.29) is 22.0 Å². The number of carbonyl (C=O) groups is 2. The molecule has 0 bridgehead atoms. The summed E-state index contributed by atoms with van der Waals surface area (Å²) < 4.78 is 6.08. The lowest BCUT2D eigenvalue weighted by molar-refractivity contribution is 0.0696. The highest BCUT2D eigenvalue weighted by Gasteiger charge is 2.18. The van der Waals surface area contributed by atoms with Crippen LogP contribution in [0.1, 0.15) is 20.7 Å². The minimum Gasteiger partial charge on any atom is -0.493 e. The molecule has 0 heterocycles. The fraction of sp³-hybridized carbons (Fsp3) is 0.0526. The first-order valence-corrected chi connectivity index (χ1v) is 8.69. The van der Waals surface area contributed by atoms with Crippen LogP contribution in [0.5, 0.6) is 5.75 Å². The lowest BCUT2D eigenvalue weighted by Crippen LogP contribution is -2.14. The van der Waals surface area contributed by atoms with Gasteiger partial charge in [-0.25, -0.2) is 4.79 Å². The summed E-state index contributed by atoms with van der Waals surface area (Å²) in [5.74, 6) is -1.35. The molecule has 0 unspecified atom stereocenters. The highest BCUT2D eigenvalue weighted by Crippen LogP contribution is 2.35. The number of aromatic carboxylic acids is 1. The fourth-order valence-corrected chi connectivity index (χ4v) is 3.47. The van der Waals surface area contributed by atoms with Gasteiger partial charge in [0.15, 0.2) is 5.75 Å². The molecule has 0 fully saturated rings. The lowest BCUT2D eigenvalue weighted by Gasteiger charge is -2.14. The van der Waals surface area contributed by atoms with E-state index in [4.69, 9.17) is 16.3 Å². The van der Waals surface area contributed by atoms with Gasteiger partial charge in [-0.3, -0.25) is 4.79 Å². The maximum atomic E-state index is 12.8. The molecule has 0 saturated heterocycles. The number of hydrogen-bond acceptors (Lipinski definition) is 3. The van der Waals surface area contributed by atoms with Crippen molar-refractivity contribution in [2.45, 2.75) is 0 Å². The molecule has 0 aliphatic carbocycles. The Morgan fingerprint density at radius 2 is 1.81 bits per heavy atom. The molecule has 0 atom stereocenters. The van der Waals surface area contributed by atoms with Crippen molar-refractivity contribution in [1.82, 2.24) is 0 Å². The molecule has 5 nitrogen and oxygen atoms in total. The Labute approximate surface area is 162 Å². The summed E-state index contributed by atoms with van der Waals surface area (Å²) in [4.78, 5) is 24.1. The molecular formula is C19H13BrClNO4. The molecular weight excluding hydrogens is 422 g/mol. The third-order valence-electron chi connectivity index (χ3n) is 3.86. The highest BCUT2D eigenvalue weighted by molar-refractivity contribution is 9.10. The van der Waals surface area contributed by atoms with Crippen molar-refractivity contribution in [1.29, 1.82) is 0 Å². The highest BCUT2D eigenvalue weighted by atomic mass is 79.9. The number of hydrogen-bond donors (Lipinski definition) is 2. The Morgan fingerprint density at radius 1 is 1.12 bits per heavy atom. The van der Waals surface area contributed by atoms with Crippen molar-refractivity contribution < 1.29 is 19.4 Å². The Bertz CT molecular complexity index is 1040. The number of anilines is 1. The quantitative estimate of drug-likeness (QED) is 0.591. The van der Waals surface area contributed by atoms with E-state index in [0.717, 1.165) is 15.2 Å². The first-order chi connectivity index (χ1) is 12.4. The third kappa shape index (κ3) is 3.38. The topological polar surface area (TPSA) is 75.6 Å². The Balaban J connectivity index is 2.06. The van der Waals surface area contributed by atoms with Crippen LogP contribution in [-0.4, -0.2) is 24.1 Å². The van der Waals surface area contributed by atoms with Crippen molar-refractivity contribution >= 4 is 55.9 Å². The molecule has 0 aromatic heterocycles. The number of carboxylic acids is 1. The van der Waals surface area contributed by atoms with Gasteiger partial charge in [0.05, 0.1) is 23.4 Å². The molecule has 0 aliphatic rings. The molecule has 3 rings (SSSR count). The molecule has 0 saturated carbocycles. The summed E-state index contributed by atoms with van der Waals surface area (Å²) in [6.07, 6.45) is 0. The smallest absolute Gasteiger partial charge is 0.335 e. The van der Waals surface area contributed by atoms with E-state index in [1.807, 2.05) is 24.3 Å². The van der Waals surface area contributed by atoms with Gasteiger partial charge in [0, 0.05) is 10.0 Å². The van der Waals surface area contributed by atoms with Gasteiger partial charge in [-0.2, -0.15) is 0 Å². The number of methoxy groups -OCH3 is 1. The van der Waals surface area contributed by atoms with E-state index >= 15 is 0 Å². The van der Waals surface area contributed by atoms with Gasteiger partial charge < -0.3 is 15.2 Å². The SMILES string of the molecule is COc1c(Cl)cc(C(=O)O)cc1NC(=O)c1cccc2c(Br)cccc12. The Morgan fingerprint density at radius 3 is 2.50 bits per heavy atom. The summed E-state index contributed by atoms with van der Waals surface area (Å²) in [6, 6.07) is 13.5. The number of nitrogens with one attached hydrogen (secondary N) is 1. The maximum Gasteiger partial charge on any atom is 0.335 e. The minimum atomic E-state index is -1.15. The van der Waals surface area contributed by atoms with Crippen LogP contribution in [-0.2, 0) is 0 Å². The fourth-order valence-electron chi connectivity index (χ4n) is 2.68. The van der Waals surface area contributed by atoms with Crippen LogP contribution in [0.25, 0.3) is 10.8 Å². The zero-order valence-electron chi connectivity index (χ0n) is 13.5. The van der Waals surface area contributed by atoms with Crippen LogP contribution in [0.15, 0.2) is 53.0 Å². The van der Waals surface area contributed by atoms with Gasteiger partial charge in [0.1, 0.15) is 0 Å². The molecule has 26 heavy (non-hydrogen) atoms. The van der Waals surface area contributed by atoms with Gasteiger partial charge >= 0.3 is 5.97 Å². The Hall–Kier alpha value is -2.57. The molecule has 1 amide bonds. The molecule has 0 spiro atoms. The first kappa shape index (κ1) is 18.2. The maximum absolute atomic E-state index is 12.8. The van der Waals surface area contributed by atoms with Crippen molar-refractivity contribution in [3.8, 4) is 5.75 Å². The van der Waals surface area contributed by atoms with E-state index in [1.54, 1.807) is 12.1 Å². The van der Waals surface area contributed by atoms with Crippen LogP contribution in [0.3, 0.4) is 0 Å². The van der Waals surface area contributed by atoms with E-state index < -0.39 is 11.9 Å². The van der Waals surface area contributed by atoms with Crippen molar-refractivity contribution in [3.05, 3.63) is 69.2 Å². The monoisotopic (exact) mass is 433 g/mol. The molecule has 3 aromatic rings. The van der Waals surface area contributed by atoms with Crippen LogP contribution in [0.2, 0.25) is 5.02 Å². The number of halogens is 2. The molecule has 132 valence electrons. The number of benzene rings is 3. The standard InChI is InChI=1S/C19H13BrClNO4/c1-26-17-15(21)8-10(19(24)25)9-16(17)22-18(23)13-6-2-5-12-11(13)4-3-7-14(12)20/h2-9H,1H3,(H,22,23)(H,24,25). The average molecular weight is 435 g/mol. The number of ether oxygens (including phenoxy) is 1. The zero-order valence-corrected chi connectivity index (χ0v) is 15.9. The normalized spacial score (nSPS) is 10.6. The summed E-state index contributed by atoms with van der Waals surface area (Å²) in [5, 5.41) is 13.7. The zero-order chi connectivity index (χ0) is 18.8. The van der Waals surface area contributed by atoms with Crippen LogP contribution >= 0.6 is 27.5 Å². The number of carboxylic acid groups (broad SMARTS) is 1. The molecule has 2 N–H and O–H groups in total. The Kier molecular flexibility index (Phi) is 5.15. The summed E-state index contributed by atoms with van der Waals surface area (Å²) in [5.41, 5.74) is 0.587. The predicted octanol–water partition coefficient (Wildman–Crippen LogP) is 5.21. The molecule has 0 aliphatic heterocycles. The number of carbonyl (C=O) groups excluding carboxylic acids is 1. The molecule has 0 radical (unpaired) electrons. The van der Waals surface area contributed by atoms with Crippen molar-refractivity contribution in [2.75, 3.05) is 12.4 Å². The number of amides is 1. The number of fused-ring (bicyclic) bond motifs is 1. The van der Waals surface area contributed by atoms with Crippen LogP contribution in [0, 0.1) is 0 Å².